The minimum Gasteiger partial charge on any atom is -0.444 e. The van der Waals surface area contributed by atoms with E-state index in [1.54, 1.807) is 17.3 Å². The van der Waals surface area contributed by atoms with E-state index in [1.165, 1.54) is 5.56 Å². The summed E-state index contributed by atoms with van der Waals surface area (Å²) in [5.41, 5.74) is 3.61. The highest BCUT2D eigenvalue weighted by molar-refractivity contribution is 6.28. The highest BCUT2D eigenvalue weighted by Gasteiger charge is 2.26. The average molecular weight is 476 g/mol. The van der Waals surface area contributed by atoms with Crippen LogP contribution in [0.2, 0.25) is 10.6 Å². The smallest absolute Gasteiger partial charge is 0.410 e. The topological polar surface area (TPSA) is 93.1 Å². The summed E-state index contributed by atoms with van der Waals surface area (Å²) in [7, 11) is 0. The third kappa shape index (κ3) is 6.91. The van der Waals surface area contributed by atoms with Gasteiger partial charge in [-0.3, -0.25) is 0 Å². The van der Waals surface area contributed by atoms with Gasteiger partial charge in [0.2, 0.25) is 10.6 Å². The molecule has 0 atom stereocenters. The number of halogens is 3. The first kappa shape index (κ1) is 24.5. The zero-order valence-electron chi connectivity index (χ0n) is 17.1. The quantitative estimate of drug-likeness (QED) is 0.582. The van der Waals surface area contributed by atoms with E-state index in [-0.39, 0.29) is 23.8 Å². The molecular formula is C19H25Cl3N6O2. The van der Waals surface area contributed by atoms with Crippen LogP contribution in [-0.2, 0) is 30.7 Å². The van der Waals surface area contributed by atoms with Crippen molar-refractivity contribution in [2.75, 3.05) is 13.1 Å². The molecule has 30 heavy (non-hydrogen) atoms. The molecule has 0 fully saturated rings. The van der Waals surface area contributed by atoms with Crippen molar-refractivity contribution in [2.24, 2.45) is 0 Å². The molecule has 0 spiro atoms. The Balaban J connectivity index is 0.000000229. The van der Waals surface area contributed by atoms with Crippen molar-refractivity contribution in [3.05, 3.63) is 45.5 Å². The summed E-state index contributed by atoms with van der Waals surface area (Å²) in [5.74, 6) is 0. The maximum Gasteiger partial charge on any atom is 0.410 e. The first-order valence-corrected chi connectivity index (χ1v) is 10.2. The van der Waals surface area contributed by atoms with Gasteiger partial charge in [0.05, 0.1) is 17.9 Å². The van der Waals surface area contributed by atoms with Crippen LogP contribution in [-0.4, -0.2) is 49.6 Å². The fraction of sp³-hybridized carbons (Fsp3) is 0.526. The molecule has 0 saturated carbocycles. The van der Waals surface area contributed by atoms with E-state index in [0.29, 0.717) is 24.8 Å². The second-order valence-electron chi connectivity index (χ2n) is 7.80. The number of rotatable bonds is 0. The molecule has 2 aromatic rings. The van der Waals surface area contributed by atoms with Crippen LogP contribution in [0, 0.1) is 0 Å². The largest absolute Gasteiger partial charge is 0.444 e. The van der Waals surface area contributed by atoms with Gasteiger partial charge in [0.15, 0.2) is 0 Å². The predicted octanol–water partition coefficient (Wildman–Crippen LogP) is 3.62. The number of fused-ring (bicyclic) bond motifs is 2. The van der Waals surface area contributed by atoms with E-state index in [0.717, 1.165) is 36.5 Å². The van der Waals surface area contributed by atoms with Crippen molar-refractivity contribution in [1.82, 2.24) is 30.2 Å². The monoisotopic (exact) mass is 474 g/mol. The molecule has 2 aromatic heterocycles. The maximum atomic E-state index is 11.9. The molecule has 2 aliphatic heterocycles. The van der Waals surface area contributed by atoms with Gasteiger partial charge in [0.1, 0.15) is 5.60 Å². The lowest BCUT2D eigenvalue weighted by molar-refractivity contribution is 0.0222. The van der Waals surface area contributed by atoms with Crippen LogP contribution in [0.15, 0.2) is 12.4 Å². The SMILES string of the molecule is CC(C)(C)OC(=O)N1CCc2nc(Cl)ncc2C1.Cl.Clc1ncc2c(n1)CCNC2. The van der Waals surface area contributed by atoms with Crippen LogP contribution in [0.3, 0.4) is 0 Å². The van der Waals surface area contributed by atoms with Crippen LogP contribution in [0.25, 0.3) is 0 Å². The van der Waals surface area contributed by atoms with Gasteiger partial charge in [0, 0.05) is 56.0 Å². The van der Waals surface area contributed by atoms with Crippen molar-refractivity contribution in [1.29, 1.82) is 0 Å². The Bertz CT molecular complexity index is 891. The summed E-state index contributed by atoms with van der Waals surface area (Å²) < 4.78 is 5.34. The van der Waals surface area contributed by atoms with Gasteiger partial charge < -0.3 is 15.0 Å². The number of carbonyl (C=O) groups is 1. The van der Waals surface area contributed by atoms with Crippen molar-refractivity contribution in [3.63, 3.8) is 0 Å². The van der Waals surface area contributed by atoms with E-state index >= 15 is 0 Å². The van der Waals surface area contributed by atoms with Gasteiger partial charge >= 0.3 is 6.09 Å². The fourth-order valence-corrected chi connectivity index (χ4v) is 3.29. The summed E-state index contributed by atoms with van der Waals surface area (Å²) in [6, 6.07) is 0. The summed E-state index contributed by atoms with van der Waals surface area (Å²) in [6.07, 6.45) is 4.79. The minimum atomic E-state index is -0.478. The molecule has 1 N–H and O–H groups in total. The third-order valence-corrected chi connectivity index (χ3v) is 4.70. The van der Waals surface area contributed by atoms with Crippen LogP contribution in [0.4, 0.5) is 4.79 Å². The summed E-state index contributed by atoms with van der Waals surface area (Å²) in [5, 5.41) is 3.84. The summed E-state index contributed by atoms with van der Waals surface area (Å²) in [6.45, 7) is 8.48. The predicted molar refractivity (Wildman–Crippen MR) is 117 cm³/mol. The van der Waals surface area contributed by atoms with Gasteiger partial charge in [-0.05, 0) is 44.0 Å². The van der Waals surface area contributed by atoms with E-state index in [1.807, 2.05) is 20.8 Å². The average Bonchev–Trinajstić information content (AvgIpc) is 2.66. The highest BCUT2D eigenvalue weighted by atomic mass is 35.5. The molecule has 2 aliphatic rings. The number of aromatic nitrogens is 4. The van der Waals surface area contributed by atoms with Gasteiger partial charge in [-0.1, -0.05) is 0 Å². The number of carbonyl (C=O) groups excluding carboxylic acids is 1. The third-order valence-electron chi connectivity index (χ3n) is 4.34. The molecule has 4 rings (SSSR count). The highest BCUT2D eigenvalue weighted by Crippen LogP contribution is 2.20. The van der Waals surface area contributed by atoms with E-state index < -0.39 is 5.60 Å². The maximum absolute atomic E-state index is 11.9. The lowest BCUT2D eigenvalue weighted by Gasteiger charge is -2.30. The Hall–Kier alpha value is -1.74. The van der Waals surface area contributed by atoms with Crippen molar-refractivity contribution >= 4 is 41.7 Å². The first-order valence-electron chi connectivity index (χ1n) is 9.40. The summed E-state index contributed by atoms with van der Waals surface area (Å²) >= 11 is 11.4. The van der Waals surface area contributed by atoms with Crippen molar-refractivity contribution in [3.8, 4) is 0 Å². The van der Waals surface area contributed by atoms with Crippen LogP contribution < -0.4 is 5.32 Å². The molecule has 4 heterocycles. The molecule has 0 bridgehead atoms. The zero-order chi connectivity index (χ0) is 21.0. The molecule has 1 amide bonds. The Morgan fingerprint density at radius 1 is 1.07 bits per heavy atom. The fourth-order valence-electron chi connectivity index (χ4n) is 2.99. The second-order valence-corrected chi connectivity index (χ2v) is 8.48. The number of nitrogens with zero attached hydrogens (tertiary/aromatic N) is 5. The van der Waals surface area contributed by atoms with Crippen LogP contribution in [0.1, 0.15) is 43.3 Å². The van der Waals surface area contributed by atoms with Gasteiger partial charge in [-0.15, -0.1) is 12.4 Å². The Morgan fingerprint density at radius 2 is 1.67 bits per heavy atom. The lowest BCUT2D eigenvalue weighted by Crippen LogP contribution is -2.40. The zero-order valence-corrected chi connectivity index (χ0v) is 19.4. The Kier molecular flexibility index (Phi) is 8.61. The number of hydrogen-bond donors (Lipinski definition) is 1. The minimum absolute atomic E-state index is 0. The van der Waals surface area contributed by atoms with Crippen molar-refractivity contribution in [2.45, 2.75) is 52.3 Å². The number of amides is 1. The lowest BCUT2D eigenvalue weighted by atomic mass is 10.1. The van der Waals surface area contributed by atoms with Gasteiger partial charge in [-0.25, -0.2) is 24.7 Å². The molecule has 8 nitrogen and oxygen atoms in total. The van der Waals surface area contributed by atoms with Crippen LogP contribution in [0.5, 0.6) is 0 Å². The van der Waals surface area contributed by atoms with Gasteiger partial charge in [0.25, 0.3) is 0 Å². The normalized spacial score (nSPS) is 15.0. The summed E-state index contributed by atoms with van der Waals surface area (Å²) in [4.78, 5) is 29.7. The standard InChI is InChI=1S/C12H16ClN3O2.C7H8ClN3.ClH/c1-12(2,3)18-11(17)16-5-4-9-8(7-16)6-14-10(13)15-9;8-7-10-4-5-3-9-2-1-6(5)11-7;/h6H,4-5,7H2,1-3H3;4,9H,1-3H2;1H. The Labute approximate surface area is 192 Å². The van der Waals surface area contributed by atoms with E-state index in [4.69, 9.17) is 27.9 Å². The number of nitrogens with one attached hydrogen (secondary N) is 1. The molecule has 164 valence electrons. The van der Waals surface area contributed by atoms with E-state index in [2.05, 4.69) is 25.3 Å². The molecule has 0 radical (unpaired) electrons. The molecular weight excluding hydrogens is 451 g/mol. The number of hydrogen-bond acceptors (Lipinski definition) is 7. The molecule has 0 unspecified atom stereocenters. The molecule has 0 aliphatic carbocycles. The Morgan fingerprint density at radius 3 is 2.30 bits per heavy atom. The molecule has 0 aromatic carbocycles. The van der Waals surface area contributed by atoms with Crippen LogP contribution >= 0.6 is 35.6 Å². The van der Waals surface area contributed by atoms with E-state index in [9.17, 15) is 4.79 Å². The molecule has 0 saturated heterocycles. The second kappa shape index (κ2) is 10.5. The van der Waals surface area contributed by atoms with Gasteiger partial charge in [-0.2, -0.15) is 0 Å². The van der Waals surface area contributed by atoms with Crippen molar-refractivity contribution < 1.29 is 9.53 Å². The molecule has 11 heteroatoms. The number of ether oxygens (including phenoxy) is 1. The first-order chi connectivity index (χ1) is 13.7.